The standard InChI is InChI=1S/C19H22N6O2/c1-27-15-6-4-14(5-7-15)10-20-17(26)12-25-19-16(11-23-25)18(21-13-22-19)24-8-2-3-9-24/h4-7,11,13H,2-3,8-10,12H2,1H3,(H,20,26). The topological polar surface area (TPSA) is 85.2 Å². The van der Waals surface area contributed by atoms with E-state index in [1.807, 2.05) is 24.3 Å². The van der Waals surface area contributed by atoms with Gasteiger partial charge in [-0.3, -0.25) is 4.79 Å². The number of carbonyl (C=O) groups excluding carboxylic acids is 1. The van der Waals surface area contributed by atoms with E-state index >= 15 is 0 Å². The van der Waals surface area contributed by atoms with Crippen molar-refractivity contribution in [3.63, 3.8) is 0 Å². The number of ether oxygens (including phenoxy) is 1. The van der Waals surface area contributed by atoms with Crippen LogP contribution in [0.2, 0.25) is 0 Å². The highest BCUT2D eigenvalue weighted by atomic mass is 16.5. The molecule has 3 heterocycles. The van der Waals surface area contributed by atoms with Crippen LogP contribution in [-0.4, -0.2) is 45.9 Å². The third kappa shape index (κ3) is 3.69. The van der Waals surface area contributed by atoms with E-state index in [1.165, 1.54) is 12.8 Å². The van der Waals surface area contributed by atoms with E-state index in [-0.39, 0.29) is 12.5 Å². The molecule has 0 saturated carbocycles. The van der Waals surface area contributed by atoms with Gasteiger partial charge in [-0.25, -0.2) is 14.6 Å². The monoisotopic (exact) mass is 366 g/mol. The number of amides is 1. The first-order chi connectivity index (χ1) is 13.2. The van der Waals surface area contributed by atoms with Gasteiger partial charge in [0.1, 0.15) is 24.4 Å². The fraction of sp³-hybridized carbons (Fsp3) is 0.368. The molecule has 0 spiro atoms. The van der Waals surface area contributed by atoms with Gasteiger partial charge >= 0.3 is 0 Å². The largest absolute Gasteiger partial charge is 0.497 e. The number of fused-ring (bicyclic) bond motifs is 1. The first-order valence-electron chi connectivity index (χ1n) is 9.05. The average Bonchev–Trinajstić information content (AvgIpc) is 3.37. The zero-order valence-electron chi connectivity index (χ0n) is 15.3. The van der Waals surface area contributed by atoms with E-state index in [1.54, 1.807) is 24.3 Å². The molecular weight excluding hydrogens is 344 g/mol. The van der Waals surface area contributed by atoms with Crippen LogP contribution in [0.4, 0.5) is 5.82 Å². The molecule has 0 atom stereocenters. The summed E-state index contributed by atoms with van der Waals surface area (Å²) in [4.78, 5) is 23.3. The minimum absolute atomic E-state index is 0.114. The molecule has 8 heteroatoms. The van der Waals surface area contributed by atoms with Crippen molar-refractivity contribution in [3.8, 4) is 5.75 Å². The van der Waals surface area contributed by atoms with E-state index in [0.717, 1.165) is 35.6 Å². The van der Waals surface area contributed by atoms with Crippen molar-refractivity contribution in [1.82, 2.24) is 25.1 Å². The molecular formula is C19H22N6O2. The Balaban J connectivity index is 1.43. The Kier molecular flexibility index (Phi) is 4.86. The minimum Gasteiger partial charge on any atom is -0.497 e. The number of hydrogen-bond acceptors (Lipinski definition) is 6. The van der Waals surface area contributed by atoms with Crippen LogP contribution in [0.15, 0.2) is 36.8 Å². The van der Waals surface area contributed by atoms with Gasteiger partial charge in [0.2, 0.25) is 5.91 Å². The zero-order valence-corrected chi connectivity index (χ0v) is 15.3. The fourth-order valence-corrected chi connectivity index (χ4v) is 3.31. The molecule has 1 aliphatic heterocycles. The number of nitrogens with zero attached hydrogens (tertiary/aromatic N) is 5. The minimum atomic E-state index is -0.114. The highest BCUT2D eigenvalue weighted by Gasteiger charge is 2.19. The summed E-state index contributed by atoms with van der Waals surface area (Å²) in [5.74, 6) is 1.58. The van der Waals surface area contributed by atoms with Crippen LogP contribution in [-0.2, 0) is 17.9 Å². The van der Waals surface area contributed by atoms with Gasteiger partial charge in [0.25, 0.3) is 0 Å². The van der Waals surface area contributed by atoms with Gasteiger partial charge in [-0.2, -0.15) is 5.10 Å². The molecule has 1 amide bonds. The van der Waals surface area contributed by atoms with Gasteiger partial charge in [0, 0.05) is 19.6 Å². The summed E-state index contributed by atoms with van der Waals surface area (Å²) >= 11 is 0. The van der Waals surface area contributed by atoms with Crippen molar-refractivity contribution < 1.29 is 9.53 Å². The molecule has 0 bridgehead atoms. The van der Waals surface area contributed by atoms with Crippen LogP contribution in [0.3, 0.4) is 0 Å². The van der Waals surface area contributed by atoms with Crippen LogP contribution in [0.1, 0.15) is 18.4 Å². The molecule has 0 unspecified atom stereocenters. The highest BCUT2D eigenvalue weighted by molar-refractivity contribution is 5.88. The Hall–Kier alpha value is -3.16. The predicted octanol–water partition coefficient (Wildman–Crippen LogP) is 1.75. The molecule has 1 fully saturated rings. The number of anilines is 1. The third-order valence-corrected chi connectivity index (χ3v) is 4.76. The van der Waals surface area contributed by atoms with Crippen LogP contribution < -0.4 is 15.0 Å². The van der Waals surface area contributed by atoms with Crippen LogP contribution in [0, 0.1) is 0 Å². The molecule has 1 saturated heterocycles. The summed E-state index contributed by atoms with van der Waals surface area (Å²) in [7, 11) is 1.63. The summed E-state index contributed by atoms with van der Waals surface area (Å²) < 4.78 is 6.76. The second kappa shape index (κ2) is 7.61. The van der Waals surface area contributed by atoms with Crippen molar-refractivity contribution in [2.24, 2.45) is 0 Å². The third-order valence-electron chi connectivity index (χ3n) is 4.76. The molecule has 1 aliphatic rings. The number of aromatic nitrogens is 4. The van der Waals surface area contributed by atoms with Crippen LogP contribution >= 0.6 is 0 Å². The summed E-state index contributed by atoms with van der Waals surface area (Å²) in [6.45, 7) is 2.57. The first kappa shape index (κ1) is 17.3. The fourth-order valence-electron chi connectivity index (χ4n) is 3.31. The zero-order chi connectivity index (χ0) is 18.6. The van der Waals surface area contributed by atoms with Gasteiger partial charge in [-0.15, -0.1) is 0 Å². The summed E-state index contributed by atoms with van der Waals surface area (Å²) in [6, 6.07) is 7.61. The molecule has 140 valence electrons. The molecule has 0 aliphatic carbocycles. The van der Waals surface area contributed by atoms with E-state index in [2.05, 4.69) is 25.3 Å². The van der Waals surface area contributed by atoms with E-state index < -0.39 is 0 Å². The van der Waals surface area contributed by atoms with Gasteiger partial charge in [-0.1, -0.05) is 12.1 Å². The van der Waals surface area contributed by atoms with Crippen molar-refractivity contribution >= 4 is 22.8 Å². The number of rotatable bonds is 6. The van der Waals surface area contributed by atoms with Gasteiger partial charge < -0.3 is 15.0 Å². The molecule has 1 aromatic carbocycles. The quantitative estimate of drug-likeness (QED) is 0.715. The SMILES string of the molecule is COc1ccc(CNC(=O)Cn2ncc3c(N4CCCC4)ncnc32)cc1. The maximum Gasteiger partial charge on any atom is 0.242 e. The second-order valence-electron chi connectivity index (χ2n) is 6.56. The van der Waals surface area contributed by atoms with E-state index in [0.29, 0.717) is 12.2 Å². The van der Waals surface area contributed by atoms with Gasteiger partial charge in [-0.05, 0) is 30.5 Å². The lowest BCUT2D eigenvalue weighted by Crippen LogP contribution is -2.27. The maximum atomic E-state index is 12.3. The van der Waals surface area contributed by atoms with Crippen molar-refractivity contribution in [1.29, 1.82) is 0 Å². The Morgan fingerprint density at radius 3 is 2.70 bits per heavy atom. The molecule has 27 heavy (non-hydrogen) atoms. The Labute approximate surface area is 157 Å². The lowest BCUT2D eigenvalue weighted by atomic mass is 10.2. The van der Waals surface area contributed by atoms with Crippen molar-refractivity contribution in [2.45, 2.75) is 25.9 Å². The lowest BCUT2D eigenvalue weighted by molar-refractivity contribution is -0.121. The molecule has 3 aromatic rings. The Morgan fingerprint density at radius 1 is 1.19 bits per heavy atom. The van der Waals surface area contributed by atoms with E-state index in [4.69, 9.17) is 4.74 Å². The molecule has 1 N–H and O–H groups in total. The normalized spacial score (nSPS) is 13.9. The predicted molar refractivity (Wildman–Crippen MR) is 102 cm³/mol. The summed E-state index contributed by atoms with van der Waals surface area (Å²) in [5.41, 5.74) is 1.69. The number of hydrogen-bond donors (Lipinski definition) is 1. The summed E-state index contributed by atoms with van der Waals surface area (Å²) in [6.07, 6.45) is 5.64. The number of nitrogens with one attached hydrogen (secondary N) is 1. The Bertz CT molecular complexity index is 931. The first-order valence-corrected chi connectivity index (χ1v) is 9.05. The number of carbonyl (C=O) groups is 1. The average molecular weight is 366 g/mol. The van der Waals surface area contributed by atoms with Gasteiger partial charge in [0.15, 0.2) is 5.65 Å². The number of methoxy groups -OCH3 is 1. The van der Waals surface area contributed by atoms with Crippen LogP contribution in [0.25, 0.3) is 11.0 Å². The molecule has 4 rings (SSSR count). The maximum absolute atomic E-state index is 12.3. The van der Waals surface area contributed by atoms with Crippen molar-refractivity contribution in [3.05, 3.63) is 42.4 Å². The van der Waals surface area contributed by atoms with Crippen LogP contribution in [0.5, 0.6) is 5.75 Å². The lowest BCUT2D eigenvalue weighted by Gasteiger charge is -2.16. The van der Waals surface area contributed by atoms with E-state index in [9.17, 15) is 4.79 Å². The molecule has 8 nitrogen and oxygen atoms in total. The highest BCUT2D eigenvalue weighted by Crippen LogP contribution is 2.25. The second-order valence-corrected chi connectivity index (χ2v) is 6.56. The van der Waals surface area contributed by atoms with Gasteiger partial charge in [0.05, 0.1) is 18.7 Å². The number of benzene rings is 1. The Morgan fingerprint density at radius 2 is 1.96 bits per heavy atom. The summed E-state index contributed by atoms with van der Waals surface area (Å²) in [5, 5.41) is 8.16. The van der Waals surface area contributed by atoms with Crippen molar-refractivity contribution in [2.75, 3.05) is 25.1 Å². The molecule has 0 radical (unpaired) electrons. The molecule has 2 aromatic heterocycles. The smallest absolute Gasteiger partial charge is 0.242 e.